The fourth-order valence-corrected chi connectivity index (χ4v) is 5.87. The smallest absolute Gasteiger partial charge is 0.264 e. The van der Waals surface area contributed by atoms with Crippen molar-refractivity contribution in [1.29, 1.82) is 0 Å². The number of alkyl halides is 1. The molecular formula is C28H26F2N4O4S. The summed E-state index contributed by atoms with van der Waals surface area (Å²) in [6.07, 6.45) is 5.69. The highest BCUT2D eigenvalue weighted by molar-refractivity contribution is 7.93. The Labute approximate surface area is 224 Å². The molecule has 1 aliphatic carbocycles. The van der Waals surface area contributed by atoms with E-state index in [0.29, 0.717) is 18.5 Å². The number of nitrogens with one attached hydrogen (secondary N) is 1. The summed E-state index contributed by atoms with van der Waals surface area (Å²) in [6, 6.07) is 11.7. The Kier molecular flexibility index (Phi) is 7.42. The number of halogens is 2. The van der Waals surface area contributed by atoms with Crippen LogP contribution in [0.15, 0.2) is 83.4 Å². The van der Waals surface area contributed by atoms with Crippen molar-refractivity contribution in [3.05, 3.63) is 89.9 Å². The molecule has 1 aliphatic heterocycles. The first kappa shape index (κ1) is 26.5. The third-order valence-electron chi connectivity index (χ3n) is 6.74. The molecule has 3 aromatic rings. The number of amides is 2. The van der Waals surface area contributed by atoms with Gasteiger partial charge in [0, 0.05) is 49.7 Å². The Morgan fingerprint density at radius 2 is 1.77 bits per heavy atom. The SMILES string of the molecule is O=C(CC1=CCC(F)C=C1)N1CCN(C(=O)c2ccc(NS(=O)(=O)c3cccc4cccnc34)c(F)c2)CC1. The average molecular weight is 553 g/mol. The van der Waals surface area contributed by atoms with Crippen LogP contribution in [0.3, 0.4) is 0 Å². The molecule has 2 amide bonds. The second-order valence-corrected chi connectivity index (χ2v) is 11.0. The van der Waals surface area contributed by atoms with Crippen LogP contribution in [0, 0.1) is 5.82 Å². The number of aromatic nitrogens is 1. The van der Waals surface area contributed by atoms with Crippen LogP contribution in [0.1, 0.15) is 23.2 Å². The predicted octanol–water partition coefficient (Wildman–Crippen LogP) is 4.07. The van der Waals surface area contributed by atoms with Crippen LogP contribution in [0.4, 0.5) is 14.5 Å². The topological polar surface area (TPSA) is 99.7 Å². The van der Waals surface area contributed by atoms with Crippen LogP contribution in [-0.2, 0) is 14.8 Å². The maximum atomic E-state index is 15.0. The zero-order valence-corrected chi connectivity index (χ0v) is 21.7. The second kappa shape index (κ2) is 10.9. The number of carbonyl (C=O) groups is 2. The largest absolute Gasteiger partial charge is 0.339 e. The van der Waals surface area contributed by atoms with E-state index in [-0.39, 0.29) is 53.5 Å². The Hall–Kier alpha value is -4.12. The third kappa shape index (κ3) is 5.83. The van der Waals surface area contributed by atoms with E-state index in [2.05, 4.69) is 9.71 Å². The van der Waals surface area contributed by atoms with Crippen molar-refractivity contribution in [2.24, 2.45) is 0 Å². The number of pyridine rings is 1. The minimum Gasteiger partial charge on any atom is -0.339 e. The van der Waals surface area contributed by atoms with Gasteiger partial charge in [-0.3, -0.25) is 19.3 Å². The zero-order valence-electron chi connectivity index (χ0n) is 20.9. The highest BCUT2D eigenvalue weighted by atomic mass is 32.2. The number of sulfonamides is 1. The molecule has 202 valence electrons. The molecule has 2 heterocycles. The molecule has 1 unspecified atom stereocenters. The van der Waals surface area contributed by atoms with Crippen molar-refractivity contribution in [3.63, 3.8) is 0 Å². The highest BCUT2D eigenvalue weighted by Gasteiger charge is 2.26. The van der Waals surface area contributed by atoms with Crippen LogP contribution in [0.2, 0.25) is 0 Å². The normalized spacial score (nSPS) is 17.7. The zero-order chi connectivity index (χ0) is 27.6. The quantitative estimate of drug-likeness (QED) is 0.497. The summed E-state index contributed by atoms with van der Waals surface area (Å²) in [5.74, 6) is -1.41. The second-order valence-electron chi connectivity index (χ2n) is 9.37. The van der Waals surface area contributed by atoms with Crippen molar-refractivity contribution < 1.29 is 26.8 Å². The summed E-state index contributed by atoms with van der Waals surface area (Å²) in [5.41, 5.74) is 0.813. The van der Waals surface area contributed by atoms with Crippen molar-refractivity contribution in [2.45, 2.75) is 23.9 Å². The summed E-state index contributed by atoms with van der Waals surface area (Å²) in [6.45, 7) is 1.20. The number of piperazine rings is 1. The molecule has 1 N–H and O–H groups in total. The first-order valence-corrected chi connectivity index (χ1v) is 13.9. The molecule has 1 saturated heterocycles. The molecule has 5 rings (SSSR count). The molecule has 0 spiro atoms. The number of hydrogen-bond donors (Lipinski definition) is 1. The molecule has 1 fully saturated rings. The lowest BCUT2D eigenvalue weighted by atomic mass is 10.0. The lowest BCUT2D eigenvalue weighted by Gasteiger charge is -2.35. The maximum Gasteiger partial charge on any atom is 0.264 e. The van der Waals surface area contributed by atoms with Crippen molar-refractivity contribution >= 4 is 38.4 Å². The Morgan fingerprint density at radius 1 is 1.03 bits per heavy atom. The molecule has 8 nitrogen and oxygen atoms in total. The first-order chi connectivity index (χ1) is 18.7. The number of anilines is 1. The lowest BCUT2D eigenvalue weighted by Crippen LogP contribution is -2.50. The number of rotatable bonds is 6. The number of carbonyl (C=O) groups excluding carboxylic acids is 2. The minimum atomic E-state index is -4.16. The van der Waals surface area contributed by atoms with Gasteiger partial charge in [0.15, 0.2) is 0 Å². The van der Waals surface area contributed by atoms with E-state index in [1.807, 2.05) is 0 Å². The summed E-state index contributed by atoms with van der Waals surface area (Å²) in [4.78, 5) is 32.8. The van der Waals surface area contributed by atoms with Gasteiger partial charge < -0.3 is 9.80 Å². The monoisotopic (exact) mass is 552 g/mol. The van der Waals surface area contributed by atoms with E-state index in [1.165, 1.54) is 35.4 Å². The number of para-hydroxylation sites is 1. The van der Waals surface area contributed by atoms with E-state index in [1.54, 1.807) is 41.3 Å². The number of fused-ring (bicyclic) bond motifs is 1. The van der Waals surface area contributed by atoms with Gasteiger partial charge in [-0.05, 0) is 35.9 Å². The van der Waals surface area contributed by atoms with Gasteiger partial charge in [-0.15, -0.1) is 0 Å². The number of benzene rings is 2. The van der Waals surface area contributed by atoms with Gasteiger partial charge in [0.2, 0.25) is 5.91 Å². The van der Waals surface area contributed by atoms with Crippen molar-refractivity contribution in [1.82, 2.24) is 14.8 Å². The van der Waals surface area contributed by atoms with Crippen LogP contribution >= 0.6 is 0 Å². The molecule has 2 aliphatic rings. The van der Waals surface area contributed by atoms with Crippen LogP contribution in [-0.4, -0.2) is 67.4 Å². The lowest BCUT2D eigenvalue weighted by molar-refractivity contribution is -0.131. The molecule has 0 radical (unpaired) electrons. The number of allylic oxidation sites excluding steroid dienone is 3. The van der Waals surface area contributed by atoms with Crippen molar-refractivity contribution in [2.75, 3.05) is 30.9 Å². The van der Waals surface area contributed by atoms with Gasteiger partial charge in [-0.25, -0.2) is 17.2 Å². The molecular weight excluding hydrogens is 526 g/mol. The van der Waals surface area contributed by atoms with Gasteiger partial charge >= 0.3 is 0 Å². The Balaban J connectivity index is 1.22. The molecule has 2 aromatic carbocycles. The molecule has 11 heteroatoms. The molecule has 1 aromatic heterocycles. The predicted molar refractivity (Wildman–Crippen MR) is 143 cm³/mol. The van der Waals surface area contributed by atoms with Crippen LogP contribution in [0.5, 0.6) is 0 Å². The highest BCUT2D eigenvalue weighted by Crippen LogP contribution is 2.25. The average Bonchev–Trinajstić information content (AvgIpc) is 2.94. The van der Waals surface area contributed by atoms with Crippen LogP contribution in [0.25, 0.3) is 10.9 Å². The molecule has 39 heavy (non-hydrogen) atoms. The first-order valence-electron chi connectivity index (χ1n) is 12.5. The molecule has 0 saturated carbocycles. The van der Waals surface area contributed by atoms with Gasteiger partial charge in [0.05, 0.1) is 17.6 Å². The van der Waals surface area contributed by atoms with E-state index in [9.17, 15) is 26.8 Å². The third-order valence-corrected chi connectivity index (χ3v) is 8.14. The molecule has 1 atom stereocenters. The Bertz CT molecular complexity index is 1590. The van der Waals surface area contributed by atoms with Crippen LogP contribution < -0.4 is 4.72 Å². The standard InChI is InChI=1S/C28H26F2N4O4S/c29-22-9-6-19(7-10-22)17-26(35)33-13-15-34(16-14-33)28(36)21-8-11-24(23(30)18-21)32-39(37,38)25-5-1-3-20-4-2-12-31-27(20)25/h1-9,11-12,18,22,32H,10,13-17H2. The van der Waals surface area contributed by atoms with E-state index >= 15 is 0 Å². The minimum absolute atomic E-state index is 0.0697. The molecule has 0 bridgehead atoms. The maximum absolute atomic E-state index is 15.0. The summed E-state index contributed by atoms with van der Waals surface area (Å²) in [7, 11) is -4.16. The summed E-state index contributed by atoms with van der Waals surface area (Å²) >= 11 is 0. The van der Waals surface area contributed by atoms with Gasteiger partial charge in [-0.1, -0.05) is 36.4 Å². The summed E-state index contributed by atoms with van der Waals surface area (Å²) in [5, 5.41) is 0.626. The van der Waals surface area contributed by atoms with Crippen molar-refractivity contribution in [3.8, 4) is 0 Å². The number of hydrogen-bond acceptors (Lipinski definition) is 5. The van der Waals surface area contributed by atoms with Gasteiger partial charge in [0.1, 0.15) is 16.9 Å². The van der Waals surface area contributed by atoms with E-state index in [4.69, 9.17) is 0 Å². The van der Waals surface area contributed by atoms with E-state index in [0.717, 1.165) is 11.6 Å². The fraction of sp³-hybridized carbons (Fsp3) is 0.250. The fourth-order valence-electron chi connectivity index (χ4n) is 4.62. The Morgan fingerprint density at radius 3 is 2.49 bits per heavy atom. The summed E-state index contributed by atoms with van der Waals surface area (Å²) < 4.78 is 56.5. The van der Waals surface area contributed by atoms with E-state index < -0.39 is 27.9 Å². The van der Waals surface area contributed by atoms with Gasteiger partial charge in [-0.2, -0.15) is 0 Å². The van der Waals surface area contributed by atoms with Gasteiger partial charge in [0.25, 0.3) is 15.9 Å². The number of nitrogens with zero attached hydrogens (tertiary/aromatic N) is 3.